The maximum Gasteiger partial charge on any atom is 0.303 e. The molecule has 1 heterocycles. The maximum absolute atomic E-state index is 11.9. The molecular formula is C22H26N4O11. The highest BCUT2D eigenvalue weighted by Crippen LogP contribution is 2.31. The second-order valence-corrected chi connectivity index (χ2v) is 7.65. The summed E-state index contributed by atoms with van der Waals surface area (Å²) in [6.45, 7) is 3.71. The van der Waals surface area contributed by atoms with Crippen LogP contribution in [-0.4, -0.2) is 73.6 Å². The molecular weight excluding hydrogens is 496 g/mol. The molecule has 0 aliphatic carbocycles. The smallest absolute Gasteiger partial charge is 0.303 e. The van der Waals surface area contributed by atoms with Crippen LogP contribution in [-0.2, 0) is 47.7 Å². The minimum atomic E-state index is -1.40. The number of esters is 4. The van der Waals surface area contributed by atoms with Gasteiger partial charge in [0.05, 0.1) is 0 Å². The van der Waals surface area contributed by atoms with E-state index in [0.29, 0.717) is 5.69 Å². The third kappa shape index (κ3) is 9.31. The zero-order chi connectivity index (χ0) is 27.5. The number of benzene rings is 1. The van der Waals surface area contributed by atoms with Gasteiger partial charge < -0.3 is 33.7 Å². The monoisotopic (exact) mass is 522 g/mol. The Kier molecular flexibility index (Phi) is 10.7. The van der Waals surface area contributed by atoms with Crippen molar-refractivity contribution in [1.29, 1.82) is 0 Å². The van der Waals surface area contributed by atoms with Gasteiger partial charge in [0, 0.05) is 38.3 Å². The molecule has 2 rings (SSSR count). The maximum atomic E-state index is 11.9. The molecule has 15 nitrogen and oxygen atoms in total. The summed E-state index contributed by atoms with van der Waals surface area (Å²) < 4.78 is 32.7. The molecule has 0 radical (unpaired) electrons. The first-order valence-electron chi connectivity index (χ1n) is 10.9. The molecule has 200 valence electrons. The van der Waals surface area contributed by atoms with Gasteiger partial charge in [0.15, 0.2) is 12.2 Å². The Morgan fingerprint density at radius 3 is 2.00 bits per heavy atom. The van der Waals surface area contributed by atoms with E-state index in [2.05, 4.69) is 15.3 Å². The Labute approximate surface area is 210 Å². The summed E-state index contributed by atoms with van der Waals surface area (Å²) in [6, 6.07) is 5.87. The van der Waals surface area contributed by atoms with Gasteiger partial charge in [-0.25, -0.2) is 0 Å². The van der Waals surface area contributed by atoms with Crippen molar-refractivity contribution in [3.8, 4) is 5.75 Å². The summed E-state index contributed by atoms with van der Waals surface area (Å²) in [4.78, 5) is 61.1. The average Bonchev–Trinajstić information content (AvgIpc) is 2.80. The molecule has 1 aromatic rings. The molecule has 1 amide bonds. The highest BCUT2D eigenvalue weighted by atomic mass is 16.7. The Balaban J connectivity index is 2.35. The minimum absolute atomic E-state index is 0.189. The molecule has 5 atom stereocenters. The molecule has 1 aliphatic heterocycles. The molecule has 2 unspecified atom stereocenters. The highest BCUT2D eigenvalue weighted by Gasteiger charge is 2.53. The molecule has 1 fully saturated rings. The molecule has 1 aromatic carbocycles. The van der Waals surface area contributed by atoms with Crippen LogP contribution in [0.1, 0.15) is 27.7 Å². The second kappa shape index (κ2) is 13.7. The lowest BCUT2D eigenvalue weighted by Crippen LogP contribution is -2.63. The van der Waals surface area contributed by atoms with Crippen molar-refractivity contribution in [3.05, 3.63) is 34.7 Å². The quantitative estimate of drug-likeness (QED) is 0.153. The molecule has 15 heteroatoms. The third-order valence-electron chi connectivity index (χ3n) is 4.62. The van der Waals surface area contributed by atoms with Crippen LogP contribution in [0.4, 0.5) is 5.69 Å². The number of carbonyl (C=O) groups excluding carboxylic acids is 5. The highest BCUT2D eigenvalue weighted by molar-refractivity contribution is 5.92. The number of rotatable bonds is 10. The van der Waals surface area contributed by atoms with Gasteiger partial charge in [-0.3, -0.25) is 24.0 Å². The summed E-state index contributed by atoms with van der Waals surface area (Å²) in [5.74, 6) is -3.28. The van der Waals surface area contributed by atoms with Crippen molar-refractivity contribution in [3.63, 3.8) is 0 Å². The van der Waals surface area contributed by atoms with Gasteiger partial charge in [-0.15, -0.1) is 0 Å². The van der Waals surface area contributed by atoms with Gasteiger partial charge >= 0.3 is 23.9 Å². The second-order valence-electron chi connectivity index (χ2n) is 7.65. The van der Waals surface area contributed by atoms with E-state index in [1.807, 2.05) is 0 Å². The van der Waals surface area contributed by atoms with E-state index in [4.69, 9.17) is 34.0 Å². The van der Waals surface area contributed by atoms with Gasteiger partial charge in [-0.2, -0.15) is 0 Å². The third-order valence-corrected chi connectivity index (χ3v) is 4.62. The van der Waals surface area contributed by atoms with Crippen molar-refractivity contribution < 1.29 is 52.4 Å². The number of hydrogen-bond donors (Lipinski definition) is 1. The molecule has 0 bridgehead atoms. The summed E-state index contributed by atoms with van der Waals surface area (Å²) >= 11 is 0. The van der Waals surface area contributed by atoms with Gasteiger partial charge in [0.1, 0.15) is 25.0 Å². The van der Waals surface area contributed by atoms with Gasteiger partial charge in [0.2, 0.25) is 18.3 Å². The average molecular weight is 522 g/mol. The van der Waals surface area contributed by atoms with E-state index in [0.717, 1.165) is 27.7 Å². The zero-order valence-corrected chi connectivity index (χ0v) is 20.4. The lowest BCUT2D eigenvalue weighted by molar-refractivity contribution is -0.288. The fourth-order valence-electron chi connectivity index (χ4n) is 3.33. The number of amides is 1. The molecule has 0 aromatic heterocycles. The van der Waals surface area contributed by atoms with Crippen LogP contribution in [0.3, 0.4) is 0 Å². The van der Waals surface area contributed by atoms with Crippen LogP contribution in [0.15, 0.2) is 29.4 Å². The van der Waals surface area contributed by atoms with Crippen LogP contribution in [0.5, 0.6) is 5.75 Å². The van der Waals surface area contributed by atoms with Gasteiger partial charge in [-0.05, 0) is 29.8 Å². The number of nitrogens with one attached hydrogen (secondary N) is 1. The Morgan fingerprint density at radius 2 is 1.46 bits per heavy atom. The lowest BCUT2D eigenvalue weighted by Gasteiger charge is -2.43. The molecule has 0 spiro atoms. The zero-order valence-electron chi connectivity index (χ0n) is 20.4. The molecule has 37 heavy (non-hydrogen) atoms. The first-order valence-corrected chi connectivity index (χ1v) is 10.9. The number of azide groups is 1. The fourth-order valence-corrected chi connectivity index (χ4v) is 3.33. The van der Waals surface area contributed by atoms with E-state index in [9.17, 15) is 24.0 Å². The number of anilines is 1. The van der Waals surface area contributed by atoms with Crippen LogP contribution in [0, 0.1) is 0 Å². The van der Waals surface area contributed by atoms with E-state index in [1.165, 1.54) is 24.3 Å². The van der Waals surface area contributed by atoms with E-state index >= 15 is 0 Å². The Bertz CT molecular complexity index is 1060. The molecule has 1 N–H and O–H groups in total. The van der Waals surface area contributed by atoms with Crippen LogP contribution in [0.25, 0.3) is 10.4 Å². The van der Waals surface area contributed by atoms with E-state index < -0.39 is 67.1 Å². The van der Waals surface area contributed by atoms with Crippen LogP contribution in [0.2, 0.25) is 0 Å². The largest absolute Gasteiger partial charge is 0.463 e. The first-order chi connectivity index (χ1) is 17.5. The van der Waals surface area contributed by atoms with Gasteiger partial charge in [0.25, 0.3) is 0 Å². The topological polar surface area (TPSA) is 202 Å². The van der Waals surface area contributed by atoms with Crippen molar-refractivity contribution in [2.24, 2.45) is 5.11 Å². The number of carbonyl (C=O) groups is 5. The van der Waals surface area contributed by atoms with Crippen LogP contribution >= 0.6 is 0 Å². The Morgan fingerprint density at radius 1 is 0.892 bits per heavy atom. The number of nitrogens with zero attached hydrogens (tertiary/aromatic N) is 3. The number of hydrogen-bond acceptors (Lipinski definition) is 12. The SMILES string of the molecule is CC(=O)OCC1O[C@@H](Oc2ccc(NC(=O)CN=[N+]=[N-])cc2)[C@@H](OC(C)=O)C(OC(C)=O)[C@H]1OC(C)=O. The minimum Gasteiger partial charge on any atom is -0.463 e. The number of ether oxygens (including phenoxy) is 6. The normalized spacial score (nSPS) is 22.4. The van der Waals surface area contributed by atoms with Crippen molar-refractivity contribution >= 4 is 35.5 Å². The van der Waals surface area contributed by atoms with Crippen molar-refractivity contribution in [2.75, 3.05) is 18.5 Å². The van der Waals surface area contributed by atoms with E-state index in [-0.39, 0.29) is 12.3 Å². The molecule has 1 aliphatic rings. The predicted molar refractivity (Wildman–Crippen MR) is 122 cm³/mol. The summed E-state index contributed by atoms with van der Waals surface area (Å²) in [7, 11) is 0. The van der Waals surface area contributed by atoms with Crippen LogP contribution < -0.4 is 10.1 Å². The standard InChI is InChI=1S/C22H26N4O11/c1-11(27)32-10-17-19(33-12(2)28)20(34-13(3)29)21(35-14(4)30)22(37-17)36-16-7-5-15(6-8-16)25-18(31)9-24-26-23/h5-8,17,19-22H,9-10H2,1-4H3,(H,25,31)/t17?,19-,20?,21-,22+/m0/s1. The Hall–Kier alpha value is -4.36. The van der Waals surface area contributed by atoms with Gasteiger partial charge in [-0.1, -0.05) is 5.11 Å². The summed E-state index contributed by atoms with van der Waals surface area (Å²) in [5, 5.41) is 5.68. The first kappa shape index (κ1) is 28.9. The fraction of sp³-hybridized carbons (Fsp3) is 0.500. The van der Waals surface area contributed by atoms with Crippen molar-refractivity contribution in [2.45, 2.75) is 58.4 Å². The molecule has 0 saturated carbocycles. The summed E-state index contributed by atoms with van der Waals surface area (Å²) in [5.41, 5.74) is 8.66. The molecule has 1 saturated heterocycles. The lowest BCUT2D eigenvalue weighted by atomic mass is 9.98. The van der Waals surface area contributed by atoms with Crippen molar-refractivity contribution in [1.82, 2.24) is 0 Å². The predicted octanol–water partition coefficient (Wildman–Crippen LogP) is 1.40. The van der Waals surface area contributed by atoms with E-state index in [1.54, 1.807) is 0 Å². The summed E-state index contributed by atoms with van der Waals surface area (Å²) in [6.07, 6.45) is -6.62.